The van der Waals surface area contributed by atoms with Crippen molar-refractivity contribution in [3.8, 4) is 0 Å². The van der Waals surface area contributed by atoms with Crippen molar-refractivity contribution in [1.82, 2.24) is 4.90 Å². The Morgan fingerprint density at radius 3 is 1.31 bits per heavy atom. The highest BCUT2D eigenvalue weighted by Crippen LogP contribution is 2.43. The summed E-state index contributed by atoms with van der Waals surface area (Å²) < 4.78 is 13.8. The molecule has 0 unspecified atom stereocenters. The van der Waals surface area contributed by atoms with Gasteiger partial charge in [-0.15, -0.1) is 0 Å². The van der Waals surface area contributed by atoms with Crippen LogP contribution in [0.2, 0.25) is 0 Å². The second-order valence-corrected chi connectivity index (χ2v) is 15.3. The standard InChI is InChI=1S/C45H81NO2/c1-5-7-9-11-13-15-17-19-21-23-25-27-29-31-33-35-39-45(47-43-38-37-42(46(3)4)41-44(43)48-45)40-36-34-32-30-28-26-24-22-20-18-16-14-12-10-8-6-2/h13-16,19-22,42-44H,5-12,17-18,23-41H2,1-4H3/b15-13-,16-14-,21-19-,22-20-/t42-,43-,44+/m1/s1. The number of allylic oxidation sites excluding steroid dienone is 8. The molecular weight excluding hydrogens is 587 g/mol. The van der Waals surface area contributed by atoms with Gasteiger partial charge in [-0.25, -0.2) is 0 Å². The van der Waals surface area contributed by atoms with Gasteiger partial charge in [0.2, 0.25) is 0 Å². The number of hydrogen-bond donors (Lipinski definition) is 0. The summed E-state index contributed by atoms with van der Waals surface area (Å²) in [6, 6.07) is 0.634. The Morgan fingerprint density at radius 1 is 0.479 bits per heavy atom. The summed E-state index contributed by atoms with van der Waals surface area (Å²) in [6.07, 6.45) is 56.3. The van der Waals surface area contributed by atoms with E-state index in [1.165, 1.54) is 148 Å². The molecule has 0 aromatic heterocycles. The van der Waals surface area contributed by atoms with Crippen molar-refractivity contribution in [3.05, 3.63) is 48.6 Å². The number of rotatable bonds is 31. The Bertz CT molecular complexity index is 794. The normalized spacial score (nSPS) is 21.2. The van der Waals surface area contributed by atoms with Gasteiger partial charge in [-0.1, -0.05) is 140 Å². The summed E-state index contributed by atoms with van der Waals surface area (Å²) in [7, 11) is 4.45. The lowest BCUT2D eigenvalue weighted by Gasteiger charge is -2.33. The minimum absolute atomic E-state index is 0.292. The van der Waals surface area contributed by atoms with Crippen LogP contribution in [0.1, 0.15) is 200 Å². The van der Waals surface area contributed by atoms with Gasteiger partial charge in [0.25, 0.3) is 0 Å². The second kappa shape index (κ2) is 29.6. The minimum Gasteiger partial charge on any atom is -0.344 e. The largest absolute Gasteiger partial charge is 0.344 e. The highest BCUT2D eigenvalue weighted by Gasteiger charge is 2.49. The van der Waals surface area contributed by atoms with E-state index in [2.05, 4.69) is 81.5 Å². The minimum atomic E-state index is -0.318. The number of hydrogen-bond acceptors (Lipinski definition) is 3. The molecule has 0 aromatic carbocycles. The van der Waals surface area contributed by atoms with Gasteiger partial charge >= 0.3 is 0 Å². The summed E-state index contributed by atoms with van der Waals surface area (Å²) in [5, 5.41) is 0. The van der Waals surface area contributed by atoms with Gasteiger partial charge in [0.1, 0.15) is 0 Å². The van der Waals surface area contributed by atoms with Crippen LogP contribution >= 0.6 is 0 Å². The zero-order chi connectivity index (χ0) is 34.4. The highest BCUT2D eigenvalue weighted by molar-refractivity contribution is 4.95. The maximum absolute atomic E-state index is 6.91. The lowest BCUT2D eigenvalue weighted by atomic mass is 9.90. The molecule has 2 fully saturated rings. The van der Waals surface area contributed by atoms with Gasteiger partial charge in [-0.2, -0.15) is 0 Å². The predicted molar refractivity (Wildman–Crippen MR) is 212 cm³/mol. The van der Waals surface area contributed by atoms with Crippen molar-refractivity contribution in [2.75, 3.05) is 14.1 Å². The number of unbranched alkanes of at least 4 members (excludes halogenated alkanes) is 18. The summed E-state index contributed by atoms with van der Waals surface area (Å²) in [4.78, 5) is 2.39. The van der Waals surface area contributed by atoms with Crippen LogP contribution < -0.4 is 0 Å². The van der Waals surface area contributed by atoms with Gasteiger partial charge in [0.15, 0.2) is 5.79 Å². The first kappa shape index (κ1) is 43.0. The van der Waals surface area contributed by atoms with Gasteiger partial charge in [0, 0.05) is 18.9 Å². The van der Waals surface area contributed by atoms with Crippen LogP contribution in [0.4, 0.5) is 0 Å². The molecule has 0 N–H and O–H groups in total. The van der Waals surface area contributed by atoms with Crippen molar-refractivity contribution >= 4 is 0 Å². The Kier molecular flexibility index (Phi) is 26.5. The van der Waals surface area contributed by atoms with Crippen LogP contribution in [0.3, 0.4) is 0 Å². The van der Waals surface area contributed by atoms with Crippen LogP contribution in [0, 0.1) is 0 Å². The quantitative estimate of drug-likeness (QED) is 0.0542. The Morgan fingerprint density at radius 2 is 0.875 bits per heavy atom. The van der Waals surface area contributed by atoms with Crippen LogP contribution in [-0.4, -0.2) is 43.0 Å². The lowest BCUT2D eigenvalue weighted by Crippen LogP contribution is -2.40. The molecule has 1 saturated carbocycles. The fourth-order valence-corrected chi connectivity index (χ4v) is 7.51. The third-order valence-electron chi connectivity index (χ3n) is 10.7. The van der Waals surface area contributed by atoms with Crippen LogP contribution in [-0.2, 0) is 9.47 Å². The number of ether oxygens (including phenoxy) is 2. The highest BCUT2D eigenvalue weighted by atomic mass is 16.8. The summed E-state index contributed by atoms with van der Waals surface area (Å²) in [6.45, 7) is 4.54. The molecule has 48 heavy (non-hydrogen) atoms. The van der Waals surface area contributed by atoms with Gasteiger partial charge < -0.3 is 14.4 Å². The van der Waals surface area contributed by atoms with E-state index in [1.807, 2.05) is 0 Å². The maximum atomic E-state index is 6.91. The molecule has 1 heterocycles. The molecule has 2 aliphatic rings. The van der Waals surface area contributed by atoms with Crippen molar-refractivity contribution in [1.29, 1.82) is 0 Å². The molecule has 278 valence electrons. The molecule has 1 aliphatic heterocycles. The average Bonchev–Trinajstić information content (AvgIpc) is 3.45. The molecular formula is C45H81NO2. The zero-order valence-corrected chi connectivity index (χ0v) is 32.6. The van der Waals surface area contributed by atoms with E-state index in [-0.39, 0.29) is 5.79 Å². The molecule has 0 spiro atoms. The van der Waals surface area contributed by atoms with E-state index < -0.39 is 0 Å². The fraction of sp³-hybridized carbons (Fsp3) is 0.822. The first-order valence-corrected chi connectivity index (χ1v) is 21.2. The molecule has 0 bridgehead atoms. The monoisotopic (exact) mass is 668 g/mol. The van der Waals surface area contributed by atoms with Crippen molar-refractivity contribution < 1.29 is 9.47 Å². The molecule has 1 aliphatic carbocycles. The molecule has 3 heteroatoms. The van der Waals surface area contributed by atoms with Crippen molar-refractivity contribution in [3.63, 3.8) is 0 Å². The van der Waals surface area contributed by atoms with E-state index in [0.29, 0.717) is 18.2 Å². The molecule has 3 atom stereocenters. The van der Waals surface area contributed by atoms with E-state index in [9.17, 15) is 0 Å². The van der Waals surface area contributed by atoms with Crippen molar-refractivity contribution in [2.45, 2.75) is 224 Å². The SMILES string of the molecule is CCCCC/C=C\C/C=C\CCCCCCCCC1(CCCCCCCC/C=C\C/C=C\CCCCC)O[C@H]2C[C@H](N(C)C)CC[C@H]2O1. The topological polar surface area (TPSA) is 21.7 Å². The first-order chi connectivity index (χ1) is 23.6. The first-order valence-electron chi connectivity index (χ1n) is 21.2. The summed E-state index contributed by atoms with van der Waals surface area (Å²) in [5.74, 6) is -0.318. The molecule has 3 nitrogen and oxygen atoms in total. The Labute approximate surface area is 300 Å². The molecule has 0 aromatic rings. The maximum Gasteiger partial charge on any atom is 0.169 e. The summed E-state index contributed by atoms with van der Waals surface area (Å²) in [5.41, 5.74) is 0. The smallest absolute Gasteiger partial charge is 0.169 e. The molecule has 0 radical (unpaired) electrons. The predicted octanol–water partition coefficient (Wildman–Crippen LogP) is 14.0. The van der Waals surface area contributed by atoms with E-state index in [0.717, 1.165) is 38.5 Å². The van der Waals surface area contributed by atoms with Gasteiger partial charge in [-0.05, 0) is 110 Å². The Hall–Kier alpha value is -1.16. The zero-order valence-electron chi connectivity index (χ0n) is 32.6. The Balaban J connectivity index is 1.59. The van der Waals surface area contributed by atoms with Crippen LogP contribution in [0.15, 0.2) is 48.6 Å². The van der Waals surface area contributed by atoms with Crippen LogP contribution in [0.5, 0.6) is 0 Å². The number of nitrogens with zero attached hydrogens (tertiary/aromatic N) is 1. The summed E-state index contributed by atoms with van der Waals surface area (Å²) >= 11 is 0. The third-order valence-corrected chi connectivity index (χ3v) is 10.7. The van der Waals surface area contributed by atoms with Gasteiger partial charge in [-0.3, -0.25) is 0 Å². The van der Waals surface area contributed by atoms with Crippen molar-refractivity contribution in [2.24, 2.45) is 0 Å². The van der Waals surface area contributed by atoms with E-state index >= 15 is 0 Å². The number of fused-ring (bicyclic) bond motifs is 1. The third kappa shape index (κ3) is 21.1. The molecule has 1 saturated heterocycles. The lowest BCUT2D eigenvalue weighted by molar-refractivity contribution is -0.186. The molecule has 0 amide bonds. The van der Waals surface area contributed by atoms with E-state index in [1.54, 1.807) is 0 Å². The average molecular weight is 668 g/mol. The molecule has 2 rings (SSSR count). The second-order valence-electron chi connectivity index (χ2n) is 15.3. The fourth-order valence-electron chi connectivity index (χ4n) is 7.51. The van der Waals surface area contributed by atoms with E-state index in [4.69, 9.17) is 9.47 Å². The van der Waals surface area contributed by atoms with Crippen LogP contribution in [0.25, 0.3) is 0 Å². The van der Waals surface area contributed by atoms with Gasteiger partial charge in [0.05, 0.1) is 12.2 Å².